The van der Waals surface area contributed by atoms with Gasteiger partial charge in [-0.15, -0.1) is 0 Å². The Hall–Kier alpha value is -2.38. The van der Waals surface area contributed by atoms with Crippen molar-refractivity contribution in [2.24, 2.45) is 0 Å². The smallest absolute Gasteiger partial charge is 0.125 e. The first-order valence-electron chi connectivity index (χ1n) is 9.26. The number of hydrogen-bond acceptors (Lipinski definition) is 6. The van der Waals surface area contributed by atoms with Gasteiger partial charge >= 0.3 is 0 Å². The minimum absolute atomic E-state index is 0.136. The number of aliphatic hydroxyl groups is 3. The number of aliphatic hydroxyl groups excluding tert-OH is 3. The van der Waals surface area contributed by atoms with Crippen LogP contribution in [0.5, 0.6) is 11.5 Å². The van der Waals surface area contributed by atoms with E-state index >= 15 is 0 Å². The van der Waals surface area contributed by atoms with E-state index < -0.39 is 6.10 Å². The summed E-state index contributed by atoms with van der Waals surface area (Å²) in [4.78, 5) is 2.09. The van der Waals surface area contributed by atoms with E-state index in [1.165, 1.54) is 0 Å². The minimum atomic E-state index is -0.631. The molecule has 6 heteroatoms. The molecule has 1 aliphatic heterocycles. The SMILES string of the molecule is COc1cc2c3c(c4cc(OC)c(CO)cc4c2cc1CO)C(O)CN(C)C3. The Morgan fingerprint density at radius 3 is 1.96 bits per heavy atom. The Kier molecular flexibility index (Phi) is 4.89. The average Bonchev–Trinajstić information content (AvgIpc) is 2.71. The first-order valence-corrected chi connectivity index (χ1v) is 9.26. The topological polar surface area (TPSA) is 82.4 Å². The first kappa shape index (κ1) is 19.0. The van der Waals surface area contributed by atoms with E-state index in [4.69, 9.17) is 9.47 Å². The third-order valence-corrected chi connectivity index (χ3v) is 5.66. The molecule has 0 saturated heterocycles. The van der Waals surface area contributed by atoms with Gasteiger partial charge in [0.15, 0.2) is 0 Å². The van der Waals surface area contributed by atoms with Crippen LogP contribution in [0.2, 0.25) is 0 Å². The average molecular weight is 383 g/mol. The monoisotopic (exact) mass is 383 g/mol. The molecular formula is C22H25NO5. The van der Waals surface area contributed by atoms with Crippen molar-refractivity contribution in [1.82, 2.24) is 4.90 Å². The molecular weight excluding hydrogens is 358 g/mol. The number of benzene rings is 3. The molecule has 28 heavy (non-hydrogen) atoms. The summed E-state index contributed by atoms with van der Waals surface area (Å²) >= 11 is 0. The molecule has 3 aromatic carbocycles. The molecule has 0 fully saturated rings. The first-order chi connectivity index (χ1) is 13.5. The maximum Gasteiger partial charge on any atom is 0.125 e. The largest absolute Gasteiger partial charge is 0.496 e. The second-order valence-corrected chi connectivity index (χ2v) is 7.34. The Morgan fingerprint density at radius 1 is 0.893 bits per heavy atom. The minimum Gasteiger partial charge on any atom is -0.496 e. The number of nitrogens with zero attached hydrogens (tertiary/aromatic N) is 1. The lowest BCUT2D eigenvalue weighted by molar-refractivity contribution is 0.110. The lowest BCUT2D eigenvalue weighted by atomic mass is 9.85. The third-order valence-electron chi connectivity index (χ3n) is 5.66. The Labute approximate surface area is 163 Å². The van der Waals surface area contributed by atoms with Crippen LogP contribution in [0.25, 0.3) is 21.5 Å². The number of methoxy groups -OCH3 is 2. The quantitative estimate of drug-likeness (QED) is 0.601. The molecule has 0 radical (unpaired) electrons. The summed E-state index contributed by atoms with van der Waals surface area (Å²) in [5, 5.41) is 34.3. The van der Waals surface area contributed by atoms with Crippen LogP contribution in [0.4, 0.5) is 0 Å². The standard InChI is InChI=1S/C22H25NO5/c1-23-8-18-16-6-20(27-2)12(10-24)4-14(16)15-5-13(11-25)21(28-3)7-17(15)22(18)19(26)9-23/h4-7,19,24-26H,8-11H2,1-3H3. The Balaban J connectivity index is 2.21. The van der Waals surface area contributed by atoms with Crippen LogP contribution < -0.4 is 9.47 Å². The number of fused-ring (bicyclic) bond motifs is 6. The van der Waals surface area contributed by atoms with Gasteiger partial charge in [-0.1, -0.05) is 0 Å². The van der Waals surface area contributed by atoms with Crippen LogP contribution >= 0.6 is 0 Å². The van der Waals surface area contributed by atoms with Crippen molar-refractivity contribution < 1.29 is 24.8 Å². The fraction of sp³-hybridized carbons (Fsp3) is 0.364. The predicted octanol–water partition coefficient (Wildman–Crippen LogP) is 2.47. The second kappa shape index (κ2) is 7.22. The molecule has 0 saturated carbocycles. The molecule has 3 aromatic rings. The molecule has 0 aliphatic carbocycles. The molecule has 1 heterocycles. The van der Waals surface area contributed by atoms with Gasteiger partial charge in [-0.3, -0.25) is 4.90 Å². The van der Waals surface area contributed by atoms with Crippen molar-refractivity contribution in [3.05, 3.63) is 46.5 Å². The van der Waals surface area contributed by atoms with E-state index in [0.717, 1.165) is 32.7 Å². The van der Waals surface area contributed by atoms with Gasteiger partial charge in [0.05, 0.1) is 33.5 Å². The predicted molar refractivity (Wildman–Crippen MR) is 108 cm³/mol. The normalized spacial score (nSPS) is 17.1. The summed E-state index contributed by atoms with van der Waals surface area (Å²) in [5.74, 6) is 1.22. The maximum atomic E-state index is 10.9. The van der Waals surface area contributed by atoms with Crippen molar-refractivity contribution >= 4 is 21.5 Å². The van der Waals surface area contributed by atoms with Crippen LogP contribution in [-0.2, 0) is 19.8 Å². The van der Waals surface area contributed by atoms with E-state index in [1.807, 2.05) is 31.3 Å². The van der Waals surface area contributed by atoms with Crippen molar-refractivity contribution in [3.8, 4) is 11.5 Å². The summed E-state index contributed by atoms with van der Waals surface area (Å²) < 4.78 is 11.0. The molecule has 148 valence electrons. The highest BCUT2D eigenvalue weighted by Gasteiger charge is 2.28. The van der Waals surface area contributed by atoms with Crippen molar-refractivity contribution in [2.75, 3.05) is 27.8 Å². The molecule has 6 nitrogen and oxygen atoms in total. The zero-order valence-electron chi connectivity index (χ0n) is 16.3. The van der Waals surface area contributed by atoms with Gasteiger partial charge in [0, 0.05) is 24.2 Å². The van der Waals surface area contributed by atoms with E-state index in [1.54, 1.807) is 14.2 Å². The summed E-state index contributed by atoms with van der Waals surface area (Å²) in [6, 6.07) is 7.69. The van der Waals surface area contributed by atoms with Gasteiger partial charge in [0.1, 0.15) is 11.5 Å². The van der Waals surface area contributed by atoms with Gasteiger partial charge in [-0.05, 0) is 64.0 Å². The fourth-order valence-electron chi connectivity index (χ4n) is 4.37. The molecule has 3 N–H and O–H groups in total. The number of ether oxygens (including phenoxy) is 2. The molecule has 1 aliphatic rings. The Bertz CT molecular complexity index is 1060. The van der Waals surface area contributed by atoms with Crippen LogP contribution in [0, 0.1) is 0 Å². The fourth-order valence-corrected chi connectivity index (χ4v) is 4.37. The number of β-amino-alcohol motifs (C(OH)–C–C–N with tert-alkyl or cyclic N) is 1. The van der Waals surface area contributed by atoms with Crippen molar-refractivity contribution in [2.45, 2.75) is 25.9 Å². The third kappa shape index (κ3) is 2.81. The number of likely N-dealkylation sites (N-methyl/N-ethyl adjacent to an activating group) is 1. The van der Waals surface area contributed by atoms with Crippen LogP contribution in [0.15, 0.2) is 24.3 Å². The molecule has 0 spiro atoms. The molecule has 0 bridgehead atoms. The summed E-state index contributed by atoms with van der Waals surface area (Å²) in [7, 11) is 5.15. The van der Waals surface area contributed by atoms with E-state index in [0.29, 0.717) is 35.7 Å². The summed E-state index contributed by atoms with van der Waals surface area (Å²) in [6.45, 7) is 0.962. The Morgan fingerprint density at radius 2 is 1.43 bits per heavy atom. The summed E-state index contributed by atoms with van der Waals surface area (Å²) in [6.07, 6.45) is -0.631. The molecule has 0 aromatic heterocycles. The number of rotatable bonds is 4. The van der Waals surface area contributed by atoms with Gasteiger partial charge in [0.2, 0.25) is 0 Å². The highest BCUT2D eigenvalue weighted by molar-refractivity contribution is 6.12. The molecule has 0 amide bonds. The van der Waals surface area contributed by atoms with Gasteiger partial charge in [-0.2, -0.15) is 0 Å². The van der Waals surface area contributed by atoms with Crippen molar-refractivity contribution in [1.29, 1.82) is 0 Å². The van der Waals surface area contributed by atoms with Gasteiger partial charge in [-0.25, -0.2) is 0 Å². The van der Waals surface area contributed by atoms with Gasteiger partial charge < -0.3 is 24.8 Å². The van der Waals surface area contributed by atoms with Crippen molar-refractivity contribution in [3.63, 3.8) is 0 Å². The van der Waals surface area contributed by atoms with Crippen LogP contribution in [-0.4, -0.2) is 48.0 Å². The molecule has 4 rings (SSSR count). The highest BCUT2D eigenvalue weighted by atomic mass is 16.5. The zero-order valence-corrected chi connectivity index (χ0v) is 16.3. The van der Waals surface area contributed by atoms with Crippen LogP contribution in [0.3, 0.4) is 0 Å². The maximum absolute atomic E-state index is 10.9. The lowest BCUT2D eigenvalue weighted by Crippen LogP contribution is -2.30. The van der Waals surface area contributed by atoms with Gasteiger partial charge in [0.25, 0.3) is 0 Å². The van der Waals surface area contributed by atoms with E-state index in [2.05, 4.69) is 4.90 Å². The van der Waals surface area contributed by atoms with E-state index in [-0.39, 0.29) is 13.2 Å². The molecule has 1 atom stereocenters. The van der Waals surface area contributed by atoms with Crippen LogP contribution in [0.1, 0.15) is 28.4 Å². The van der Waals surface area contributed by atoms with E-state index in [9.17, 15) is 15.3 Å². The lowest BCUT2D eigenvalue weighted by Gasteiger charge is -2.32. The summed E-state index contributed by atoms with van der Waals surface area (Å²) in [5.41, 5.74) is 3.31. The molecule has 1 unspecified atom stereocenters. The second-order valence-electron chi connectivity index (χ2n) is 7.34. The number of hydrogen-bond donors (Lipinski definition) is 3. The highest BCUT2D eigenvalue weighted by Crippen LogP contribution is 2.43. The zero-order chi connectivity index (χ0) is 20.0.